The first-order chi connectivity index (χ1) is 10.1. The summed E-state index contributed by atoms with van der Waals surface area (Å²) >= 11 is 0. The van der Waals surface area contributed by atoms with Crippen molar-refractivity contribution in [3.8, 4) is 0 Å². The number of aromatic nitrogens is 2. The molecule has 2 unspecified atom stereocenters. The van der Waals surface area contributed by atoms with Crippen LogP contribution in [-0.4, -0.2) is 33.1 Å². The van der Waals surface area contributed by atoms with E-state index in [1.165, 1.54) is 0 Å². The maximum absolute atomic E-state index is 12.2. The highest BCUT2D eigenvalue weighted by molar-refractivity contribution is 5.89. The monoisotopic (exact) mass is 286 g/mol. The van der Waals surface area contributed by atoms with Crippen LogP contribution < -0.4 is 0 Å². The van der Waals surface area contributed by atoms with Gasteiger partial charge in [-0.1, -0.05) is 18.2 Å². The van der Waals surface area contributed by atoms with E-state index in [9.17, 15) is 9.90 Å². The van der Waals surface area contributed by atoms with Crippen LogP contribution in [0.5, 0.6) is 0 Å². The summed E-state index contributed by atoms with van der Waals surface area (Å²) in [5.41, 5.74) is 1.51. The Morgan fingerprint density at radius 2 is 2.05 bits per heavy atom. The second kappa shape index (κ2) is 5.69. The maximum Gasteiger partial charge on any atom is 0.338 e. The third-order valence-electron chi connectivity index (χ3n) is 3.99. The molecule has 0 spiro atoms. The van der Waals surface area contributed by atoms with Gasteiger partial charge in [0.15, 0.2) is 0 Å². The Bertz CT molecular complexity index is 623. The molecule has 0 saturated heterocycles. The molecule has 0 aliphatic heterocycles. The fraction of sp³-hybridized carbons (Fsp3) is 0.375. The molecule has 0 bridgehead atoms. The van der Waals surface area contributed by atoms with Crippen molar-refractivity contribution in [1.29, 1.82) is 0 Å². The fourth-order valence-electron chi connectivity index (χ4n) is 2.94. The number of benzene rings is 1. The van der Waals surface area contributed by atoms with Crippen LogP contribution in [0.25, 0.3) is 0 Å². The van der Waals surface area contributed by atoms with E-state index in [2.05, 4.69) is 5.10 Å². The number of nitrogens with zero attached hydrogens (tertiary/aromatic N) is 2. The van der Waals surface area contributed by atoms with Crippen molar-refractivity contribution in [3.05, 3.63) is 53.9 Å². The van der Waals surface area contributed by atoms with E-state index in [4.69, 9.17) is 4.74 Å². The Morgan fingerprint density at radius 1 is 1.29 bits per heavy atom. The van der Waals surface area contributed by atoms with Crippen molar-refractivity contribution in [2.45, 2.75) is 31.0 Å². The highest BCUT2D eigenvalue weighted by atomic mass is 16.5. The summed E-state index contributed by atoms with van der Waals surface area (Å²) in [7, 11) is 1.86. The van der Waals surface area contributed by atoms with Gasteiger partial charge in [-0.25, -0.2) is 4.79 Å². The molecule has 1 heterocycles. The molecule has 3 atom stereocenters. The van der Waals surface area contributed by atoms with E-state index < -0.39 is 6.10 Å². The van der Waals surface area contributed by atoms with E-state index in [1.807, 2.05) is 19.2 Å². The number of carbonyl (C=O) groups is 1. The van der Waals surface area contributed by atoms with Gasteiger partial charge in [0.05, 0.1) is 11.7 Å². The summed E-state index contributed by atoms with van der Waals surface area (Å²) in [6.45, 7) is 0. The summed E-state index contributed by atoms with van der Waals surface area (Å²) in [5, 5.41) is 14.1. The van der Waals surface area contributed by atoms with Crippen LogP contribution in [0.2, 0.25) is 0 Å². The molecule has 0 amide bonds. The smallest absolute Gasteiger partial charge is 0.338 e. The zero-order chi connectivity index (χ0) is 14.8. The summed E-state index contributed by atoms with van der Waals surface area (Å²) in [4.78, 5) is 12.2. The lowest BCUT2D eigenvalue weighted by Crippen LogP contribution is -2.22. The lowest BCUT2D eigenvalue weighted by atomic mass is 10.0. The van der Waals surface area contributed by atoms with Gasteiger partial charge < -0.3 is 9.84 Å². The molecule has 5 nitrogen and oxygen atoms in total. The molecule has 1 aromatic carbocycles. The number of ether oxygens (including phenoxy) is 1. The van der Waals surface area contributed by atoms with Crippen molar-refractivity contribution < 1.29 is 14.6 Å². The molecule has 110 valence electrons. The summed E-state index contributed by atoms with van der Waals surface area (Å²) in [6.07, 6.45) is 2.01. The third kappa shape index (κ3) is 2.83. The van der Waals surface area contributed by atoms with E-state index >= 15 is 0 Å². The fourth-order valence-corrected chi connectivity index (χ4v) is 2.94. The summed E-state index contributed by atoms with van der Waals surface area (Å²) in [6, 6.07) is 10.8. The van der Waals surface area contributed by atoms with Crippen molar-refractivity contribution in [1.82, 2.24) is 9.78 Å². The molecular formula is C16H18N2O3. The van der Waals surface area contributed by atoms with Crippen LogP contribution in [0.4, 0.5) is 0 Å². The molecule has 1 fully saturated rings. The van der Waals surface area contributed by atoms with Crippen molar-refractivity contribution in [2.75, 3.05) is 0 Å². The molecule has 3 rings (SSSR count). The minimum absolute atomic E-state index is 0.0137. The zero-order valence-corrected chi connectivity index (χ0v) is 11.8. The molecular weight excluding hydrogens is 268 g/mol. The van der Waals surface area contributed by atoms with Gasteiger partial charge in [0.2, 0.25) is 0 Å². The lowest BCUT2D eigenvalue weighted by Gasteiger charge is -2.20. The van der Waals surface area contributed by atoms with E-state index in [0.717, 1.165) is 5.69 Å². The van der Waals surface area contributed by atoms with Gasteiger partial charge in [-0.15, -0.1) is 0 Å². The second-order valence-electron chi connectivity index (χ2n) is 5.42. The Kier molecular flexibility index (Phi) is 3.75. The minimum atomic E-state index is -0.446. The van der Waals surface area contributed by atoms with Gasteiger partial charge in [0.25, 0.3) is 0 Å². The number of esters is 1. The van der Waals surface area contributed by atoms with Crippen LogP contribution in [0.1, 0.15) is 34.8 Å². The molecule has 21 heavy (non-hydrogen) atoms. The van der Waals surface area contributed by atoms with Gasteiger partial charge in [0, 0.05) is 31.3 Å². The number of aryl methyl sites for hydroxylation is 1. The largest absolute Gasteiger partial charge is 0.458 e. The number of aliphatic hydroxyl groups excluding tert-OH is 1. The van der Waals surface area contributed by atoms with Gasteiger partial charge in [-0.3, -0.25) is 4.68 Å². The van der Waals surface area contributed by atoms with Gasteiger partial charge in [-0.2, -0.15) is 5.10 Å². The summed E-state index contributed by atoms with van der Waals surface area (Å²) < 4.78 is 7.39. The molecule has 1 aromatic heterocycles. The molecule has 1 N–H and O–H groups in total. The number of hydrogen-bond acceptors (Lipinski definition) is 4. The van der Waals surface area contributed by atoms with Crippen LogP contribution in [-0.2, 0) is 11.8 Å². The zero-order valence-electron chi connectivity index (χ0n) is 11.8. The van der Waals surface area contributed by atoms with Gasteiger partial charge in [0.1, 0.15) is 6.10 Å². The maximum atomic E-state index is 12.2. The lowest BCUT2D eigenvalue weighted by molar-refractivity contribution is 0.0248. The van der Waals surface area contributed by atoms with E-state index in [-0.39, 0.29) is 18.0 Å². The van der Waals surface area contributed by atoms with Gasteiger partial charge in [-0.05, 0) is 24.6 Å². The first kappa shape index (κ1) is 13.8. The number of hydrogen-bond donors (Lipinski definition) is 1. The average molecular weight is 286 g/mol. The van der Waals surface area contributed by atoms with Crippen LogP contribution in [0, 0.1) is 0 Å². The Hall–Kier alpha value is -2.14. The van der Waals surface area contributed by atoms with Crippen LogP contribution in [0.3, 0.4) is 0 Å². The van der Waals surface area contributed by atoms with Crippen LogP contribution in [0.15, 0.2) is 42.6 Å². The van der Waals surface area contributed by atoms with Crippen molar-refractivity contribution in [2.24, 2.45) is 7.05 Å². The topological polar surface area (TPSA) is 64.3 Å². The predicted octanol–water partition coefficient (Wildman–Crippen LogP) is 1.88. The normalized spacial score (nSPS) is 25.0. The second-order valence-corrected chi connectivity index (χ2v) is 5.42. The molecule has 2 aromatic rings. The quantitative estimate of drug-likeness (QED) is 0.875. The molecule has 1 aliphatic carbocycles. The highest BCUT2D eigenvalue weighted by Gasteiger charge is 2.38. The van der Waals surface area contributed by atoms with Crippen molar-refractivity contribution >= 4 is 5.97 Å². The minimum Gasteiger partial charge on any atom is -0.458 e. The molecule has 0 radical (unpaired) electrons. The van der Waals surface area contributed by atoms with Crippen molar-refractivity contribution in [3.63, 3.8) is 0 Å². The third-order valence-corrected chi connectivity index (χ3v) is 3.99. The Labute approximate surface area is 123 Å². The average Bonchev–Trinajstić information content (AvgIpc) is 3.05. The number of carbonyl (C=O) groups excluding carboxylic acids is 1. The predicted molar refractivity (Wildman–Crippen MR) is 76.8 cm³/mol. The Morgan fingerprint density at radius 3 is 2.71 bits per heavy atom. The molecule has 5 heteroatoms. The molecule has 1 aliphatic rings. The SMILES string of the molecule is Cn1nccc1C1C[C@H](O)CC1OC(=O)c1ccccc1. The van der Waals surface area contributed by atoms with E-state index in [1.54, 1.807) is 35.1 Å². The first-order valence-corrected chi connectivity index (χ1v) is 7.07. The standard InChI is InChI=1S/C16H18N2O3/c1-18-14(7-8-17-18)13-9-12(19)10-15(13)21-16(20)11-5-3-2-4-6-11/h2-8,12-13,15,19H,9-10H2,1H3/t12-,13?,15?/m0/s1. The van der Waals surface area contributed by atoms with Crippen LogP contribution >= 0.6 is 0 Å². The number of aliphatic hydroxyl groups is 1. The molecule has 1 saturated carbocycles. The summed E-state index contributed by atoms with van der Waals surface area (Å²) in [5.74, 6) is -0.359. The Balaban J connectivity index is 1.77. The van der Waals surface area contributed by atoms with Gasteiger partial charge >= 0.3 is 5.97 Å². The first-order valence-electron chi connectivity index (χ1n) is 7.07. The number of rotatable bonds is 3. The van der Waals surface area contributed by atoms with E-state index in [0.29, 0.717) is 18.4 Å². The highest BCUT2D eigenvalue weighted by Crippen LogP contribution is 2.37.